The van der Waals surface area contributed by atoms with Gasteiger partial charge in [0.15, 0.2) is 0 Å². The number of hydrogen-bond donors (Lipinski definition) is 1. The van der Waals surface area contributed by atoms with Crippen molar-refractivity contribution in [1.82, 2.24) is 4.72 Å². The molecule has 0 aliphatic heterocycles. The zero-order valence-corrected chi connectivity index (χ0v) is 14.9. The first kappa shape index (κ1) is 20.8. The van der Waals surface area contributed by atoms with E-state index in [9.17, 15) is 26.2 Å². The van der Waals surface area contributed by atoms with E-state index in [0.29, 0.717) is 5.69 Å². The Kier molecular flexibility index (Phi) is 6.03. The van der Waals surface area contributed by atoms with E-state index in [1.165, 1.54) is 45.0 Å². The number of rotatable bonds is 5. The third-order valence-corrected chi connectivity index (χ3v) is 4.83. The number of hydrogen-bond acceptors (Lipinski definition) is 2. The van der Waals surface area contributed by atoms with Crippen LogP contribution in [0.3, 0.4) is 0 Å². The topological polar surface area (TPSA) is 32.3 Å². The van der Waals surface area contributed by atoms with Crippen LogP contribution >= 0.6 is 0 Å². The van der Waals surface area contributed by atoms with Gasteiger partial charge in [0.05, 0.1) is 15.7 Å². The monoisotopic (exact) mass is 372 g/mol. The fraction of sp³-hybridized carbons (Fsp3) is 0.600. The van der Waals surface area contributed by atoms with Gasteiger partial charge in [-0.05, 0) is 38.5 Å². The molecule has 1 N–H and O–H groups in total. The second-order valence-corrected chi connectivity index (χ2v) is 8.54. The smallest absolute Gasteiger partial charge is 0.378 e. The van der Waals surface area contributed by atoms with Gasteiger partial charge in [-0.1, -0.05) is 12.1 Å². The van der Waals surface area contributed by atoms with E-state index in [0.717, 1.165) is 0 Å². The highest BCUT2D eigenvalue weighted by molar-refractivity contribution is 7.84. The van der Waals surface area contributed by atoms with Gasteiger partial charge in [0, 0.05) is 19.8 Å². The number of benzene rings is 1. The number of alkyl halides is 5. The van der Waals surface area contributed by atoms with Gasteiger partial charge in [0.2, 0.25) is 0 Å². The average molecular weight is 372 g/mol. The first-order valence-corrected chi connectivity index (χ1v) is 8.23. The molecule has 9 heteroatoms. The van der Waals surface area contributed by atoms with Crippen LogP contribution in [0.25, 0.3) is 0 Å². The predicted molar refractivity (Wildman–Crippen MR) is 85.5 cm³/mol. The molecular weight excluding hydrogens is 351 g/mol. The minimum absolute atomic E-state index is 0.291. The van der Waals surface area contributed by atoms with E-state index in [1.54, 1.807) is 19.0 Å². The van der Waals surface area contributed by atoms with Crippen LogP contribution in [0.4, 0.5) is 27.6 Å². The van der Waals surface area contributed by atoms with E-state index >= 15 is 0 Å². The molecule has 0 heterocycles. The molecule has 0 saturated carbocycles. The van der Waals surface area contributed by atoms with Gasteiger partial charge in [-0.25, -0.2) is 8.93 Å². The molecular formula is C15H21F5N2OS. The van der Waals surface area contributed by atoms with Gasteiger partial charge in [-0.2, -0.15) is 22.0 Å². The van der Waals surface area contributed by atoms with Crippen molar-refractivity contribution in [2.75, 3.05) is 19.0 Å². The zero-order valence-electron chi connectivity index (χ0n) is 14.0. The highest BCUT2D eigenvalue weighted by atomic mass is 32.2. The normalized spacial score (nSPS) is 15.9. The molecule has 0 saturated heterocycles. The van der Waals surface area contributed by atoms with Crippen molar-refractivity contribution in [2.45, 2.75) is 43.7 Å². The fourth-order valence-electron chi connectivity index (χ4n) is 1.76. The second-order valence-electron chi connectivity index (χ2n) is 6.54. The van der Waals surface area contributed by atoms with Crippen molar-refractivity contribution in [3.05, 3.63) is 29.8 Å². The molecule has 0 aromatic heterocycles. The van der Waals surface area contributed by atoms with Gasteiger partial charge < -0.3 is 4.90 Å². The maximum Gasteiger partial charge on any atom is 0.455 e. The summed E-state index contributed by atoms with van der Waals surface area (Å²) < 4.78 is 79.4. The van der Waals surface area contributed by atoms with Gasteiger partial charge in [-0.3, -0.25) is 0 Å². The lowest BCUT2D eigenvalue weighted by molar-refractivity contribution is -0.292. The molecule has 0 spiro atoms. The largest absolute Gasteiger partial charge is 0.455 e. The second kappa shape index (κ2) is 6.95. The molecule has 2 atom stereocenters. The summed E-state index contributed by atoms with van der Waals surface area (Å²) in [5.41, 5.74) is 0.352. The minimum atomic E-state index is -5.77. The van der Waals surface area contributed by atoms with Crippen LogP contribution in [0.1, 0.15) is 32.4 Å². The van der Waals surface area contributed by atoms with Crippen LogP contribution in [-0.4, -0.2) is 35.2 Å². The minimum Gasteiger partial charge on any atom is -0.378 e. The Labute approximate surface area is 140 Å². The molecule has 1 unspecified atom stereocenters. The average Bonchev–Trinajstić information content (AvgIpc) is 2.42. The molecule has 0 radical (unpaired) electrons. The predicted octanol–water partition coefficient (Wildman–Crippen LogP) is 4.04. The Morgan fingerprint density at radius 1 is 1.00 bits per heavy atom. The zero-order chi connectivity index (χ0) is 18.9. The molecule has 0 aliphatic rings. The summed E-state index contributed by atoms with van der Waals surface area (Å²) in [7, 11) is 1.32. The molecule has 1 rings (SSSR count). The van der Waals surface area contributed by atoms with Crippen LogP contribution in [0.2, 0.25) is 0 Å². The lowest BCUT2D eigenvalue weighted by atomic mass is 10.0. The summed E-state index contributed by atoms with van der Waals surface area (Å²) >= 11 is 0. The van der Waals surface area contributed by atoms with E-state index in [2.05, 4.69) is 0 Å². The third-order valence-electron chi connectivity index (χ3n) is 3.26. The number of anilines is 1. The summed E-state index contributed by atoms with van der Waals surface area (Å²) in [6.07, 6.45) is -5.77. The van der Waals surface area contributed by atoms with Gasteiger partial charge in [0.25, 0.3) is 0 Å². The standard InChI is InChI=1S/C15H21F5N2OS/c1-13(2,3)24(23)21-12(14(16,17)15(18,19)20)10-6-8-11(9-7-10)22(4)5/h6-9,12,21H,1-5H3/t12-,24?/m0/s1. The molecule has 24 heavy (non-hydrogen) atoms. The molecule has 0 aliphatic carbocycles. The summed E-state index contributed by atoms with van der Waals surface area (Å²) in [5, 5.41) is 0. The highest BCUT2D eigenvalue weighted by Gasteiger charge is 2.63. The fourth-order valence-corrected chi connectivity index (χ4v) is 2.62. The van der Waals surface area contributed by atoms with Crippen LogP contribution in [0.15, 0.2) is 24.3 Å². The Morgan fingerprint density at radius 2 is 1.46 bits per heavy atom. The van der Waals surface area contributed by atoms with Crippen molar-refractivity contribution in [3.8, 4) is 0 Å². The maximum absolute atomic E-state index is 14.0. The lowest BCUT2D eigenvalue weighted by Gasteiger charge is -2.31. The summed E-state index contributed by atoms with van der Waals surface area (Å²) in [4.78, 5) is 1.68. The summed E-state index contributed by atoms with van der Waals surface area (Å²) in [6, 6.07) is 2.75. The van der Waals surface area contributed by atoms with Crippen LogP contribution in [0, 0.1) is 0 Å². The van der Waals surface area contributed by atoms with E-state index < -0.39 is 33.9 Å². The molecule has 3 nitrogen and oxygen atoms in total. The van der Waals surface area contributed by atoms with Gasteiger partial charge in [-0.15, -0.1) is 0 Å². The quantitative estimate of drug-likeness (QED) is 0.791. The number of halogens is 5. The summed E-state index contributed by atoms with van der Waals surface area (Å²) in [6.45, 7) is 4.44. The van der Waals surface area contributed by atoms with E-state index in [4.69, 9.17) is 0 Å². The van der Waals surface area contributed by atoms with Gasteiger partial charge in [0.1, 0.15) is 6.04 Å². The Morgan fingerprint density at radius 3 is 1.79 bits per heavy atom. The molecule has 1 aromatic rings. The Bertz CT molecular complexity index is 579. The molecule has 0 bridgehead atoms. The number of nitrogens with one attached hydrogen (secondary N) is 1. The van der Waals surface area contributed by atoms with Gasteiger partial charge >= 0.3 is 12.1 Å². The molecule has 138 valence electrons. The maximum atomic E-state index is 14.0. The Balaban J connectivity index is 3.30. The summed E-state index contributed by atoms with van der Waals surface area (Å²) in [5.74, 6) is -5.08. The molecule has 0 fully saturated rings. The van der Waals surface area contributed by atoms with E-state index in [1.807, 2.05) is 4.72 Å². The number of nitrogens with zero attached hydrogens (tertiary/aromatic N) is 1. The molecule has 0 amide bonds. The lowest BCUT2D eigenvalue weighted by Crippen LogP contribution is -2.50. The first-order chi connectivity index (χ1) is 10.7. The van der Waals surface area contributed by atoms with Crippen molar-refractivity contribution in [3.63, 3.8) is 0 Å². The molecule has 1 aromatic carbocycles. The van der Waals surface area contributed by atoms with Crippen molar-refractivity contribution < 1.29 is 26.2 Å². The van der Waals surface area contributed by atoms with Crippen molar-refractivity contribution >= 4 is 16.7 Å². The third kappa shape index (κ3) is 4.66. The van der Waals surface area contributed by atoms with Crippen LogP contribution < -0.4 is 9.62 Å². The first-order valence-electron chi connectivity index (χ1n) is 7.08. The Hall–Kier alpha value is -1.22. The van der Waals surface area contributed by atoms with Crippen molar-refractivity contribution in [1.29, 1.82) is 0 Å². The van der Waals surface area contributed by atoms with Crippen molar-refractivity contribution in [2.24, 2.45) is 0 Å². The van der Waals surface area contributed by atoms with Crippen LogP contribution in [-0.2, 0) is 11.0 Å². The highest BCUT2D eigenvalue weighted by Crippen LogP contribution is 2.45. The van der Waals surface area contributed by atoms with Crippen LogP contribution in [0.5, 0.6) is 0 Å². The SMILES string of the molecule is CN(C)c1ccc([C@H](NS(=O)C(C)(C)C)C(F)(F)C(F)(F)F)cc1. The van der Waals surface area contributed by atoms with E-state index in [-0.39, 0.29) is 5.56 Å².